The van der Waals surface area contributed by atoms with E-state index in [2.05, 4.69) is 23.8 Å². The van der Waals surface area contributed by atoms with E-state index in [0.717, 1.165) is 34.6 Å². The van der Waals surface area contributed by atoms with E-state index in [0.29, 0.717) is 17.1 Å². The molecule has 0 saturated heterocycles. The van der Waals surface area contributed by atoms with Gasteiger partial charge in [-0.25, -0.2) is 9.97 Å². The van der Waals surface area contributed by atoms with Gasteiger partial charge in [-0.1, -0.05) is 19.9 Å². The molecule has 0 aliphatic heterocycles. The fourth-order valence-electron chi connectivity index (χ4n) is 2.65. The van der Waals surface area contributed by atoms with Gasteiger partial charge in [-0.3, -0.25) is 0 Å². The second kappa shape index (κ2) is 5.19. The highest BCUT2D eigenvalue weighted by molar-refractivity contribution is 6.29. The van der Waals surface area contributed by atoms with Gasteiger partial charge in [0.25, 0.3) is 0 Å². The summed E-state index contributed by atoms with van der Waals surface area (Å²) in [5, 5.41) is 0.493. The van der Waals surface area contributed by atoms with Crippen LogP contribution in [0.2, 0.25) is 5.28 Å². The summed E-state index contributed by atoms with van der Waals surface area (Å²) in [5.74, 6) is 1.80. The molecule has 0 aliphatic rings. The smallest absolute Gasteiger partial charge is 0.228 e. The first-order valence-electron chi connectivity index (χ1n) is 7.15. The molecule has 0 spiro atoms. The maximum atomic E-state index is 6.21. The molecule has 0 saturated carbocycles. The lowest BCUT2D eigenvalue weighted by Crippen LogP contribution is -1.93. The van der Waals surface area contributed by atoms with Crippen molar-refractivity contribution in [3.8, 4) is 11.5 Å². The Balaban J connectivity index is 2.23. The van der Waals surface area contributed by atoms with Crippen LogP contribution in [-0.4, -0.2) is 14.5 Å². The van der Waals surface area contributed by atoms with Gasteiger partial charge < -0.3 is 8.98 Å². The molecule has 110 valence electrons. The predicted molar refractivity (Wildman–Crippen MR) is 84.7 cm³/mol. The van der Waals surface area contributed by atoms with Crippen LogP contribution in [0.25, 0.3) is 22.5 Å². The number of imidazole rings is 1. The van der Waals surface area contributed by atoms with Crippen LogP contribution in [0.5, 0.6) is 0 Å². The second-order valence-corrected chi connectivity index (χ2v) is 5.75. The molecule has 2 heterocycles. The van der Waals surface area contributed by atoms with Crippen molar-refractivity contribution in [2.75, 3.05) is 0 Å². The Morgan fingerprint density at radius 2 is 2.05 bits per heavy atom. The van der Waals surface area contributed by atoms with Crippen LogP contribution in [0.15, 0.2) is 22.6 Å². The van der Waals surface area contributed by atoms with Crippen LogP contribution < -0.4 is 0 Å². The third-order valence-corrected chi connectivity index (χ3v) is 3.95. The van der Waals surface area contributed by atoms with Crippen molar-refractivity contribution in [3.05, 3.63) is 34.9 Å². The van der Waals surface area contributed by atoms with Crippen molar-refractivity contribution < 1.29 is 4.42 Å². The van der Waals surface area contributed by atoms with Crippen LogP contribution in [0.4, 0.5) is 0 Å². The molecule has 0 N–H and O–H groups in total. The van der Waals surface area contributed by atoms with E-state index in [4.69, 9.17) is 16.0 Å². The predicted octanol–water partition coefficient (Wildman–Crippen LogP) is 4.80. The van der Waals surface area contributed by atoms with Gasteiger partial charge in [-0.15, -0.1) is 0 Å². The topological polar surface area (TPSA) is 43.9 Å². The SMILES string of the molecule is CCn1c(Cl)nc2c(-c3nc(C(C)C)c(C)o3)cccc21. The minimum atomic E-state index is 0.332. The maximum Gasteiger partial charge on any atom is 0.228 e. The molecule has 0 atom stereocenters. The lowest BCUT2D eigenvalue weighted by atomic mass is 10.1. The molecule has 4 nitrogen and oxygen atoms in total. The van der Waals surface area contributed by atoms with Crippen LogP contribution in [0, 0.1) is 6.92 Å². The fourth-order valence-corrected chi connectivity index (χ4v) is 2.95. The molecule has 3 rings (SSSR count). The first-order chi connectivity index (χ1) is 10.0. The van der Waals surface area contributed by atoms with E-state index in [1.165, 1.54) is 0 Å². The molecule has 0 unspecified atom stereocenters. The molecule has 0 aliphatic carbocycles. The largest absolute Gasteiger partial charge is 0.441 e. The summed E-state index contributed by atoms with van der Waals surface area (Å²) >= 11 is 6.21. The number of hydrogen-bond acceptors (Lipinski definition) is 3. The van der Waals surface area contributed by atoms with E-state index in [1.54, 1.807) is 0 Å². The Morgan fingerprint density at radius 3 is 2.67 bits per heavy atom. The number of aryl methyl sites for hydroxylation is 2. The number of nitrogens with zero attached hydrogens (tertiary/aromatic N) is 3. The maximum absolute atomic E-state index is 6.21. The van der Waals surface area contributed by atoms with Crippen molar-refractivity contribution in [2.45, 2.75) is 40.2 Å². The Kier molecular flexibility index (Phi) is 3.49. The zero-order valence-electron chi connectivity index (χ0n) is 12.6. The molecular weight excluding hydrogens is 286 g/mol. The molecule has 0 amide bonds. The first-order valence-corrected chi connectivity index (χ1v) is 7.53. The highest BCUT2D eigenvalue weighted by Crippen LogP contribution is 2.32. The van der Waals surface area contributed by atoms with Crippen molar-refractivity contribution >= 4 is 22.6 Å². The van der Waals surface area contributed by atoms with Crippen molar-refractivity contribution in [1.29, 1.82) is 0 Å². The van der Waals surface area contributed by atoms with Gasteiger partial charge in [0, 0.05) is 6.54 Å². The molecule has 1 aromatic carbocycles. The highest BCUT2D eigenvalue weighted by atomic mass is 35.5. The molecule has 2 aromatic heterocycles. The quantitative estimate of drug-likeness (QED) is 0.698. The summed E-state index contributed by atoms with van der Waals surface area (Å²) in [5.41, 5.74) is 3.71. The van der Waals surface area contributed by atoms with E-state index in [9.17, 15) is 0 Å². The molecule has 3 aromatic rings. The molecule has 0 fully saturated rings. The Hall–Kier alpha value is -1.81. The Bertz CT molecular complexity index is 801. The molecule has 0 radical (unpaired) electrons. The van der Waals surface area contributed by atoms with E-state index < -0.39 is 0 Å². The Labute approximate surface area is 128 Å². The minimum Gasteiger partial charge on any atom is -0.441 e. The number of hydrogen-bond donors (Lipinski definition) is 0. The normalized spacial score (nSPS) is 11.7. The van der Waals surface area contributed by atoms with Crippen LogP contribution in [0.3, 0.4) is 0 Å². The molecule has 0 bridgehead atoms. The fraction of sp³-hybridized carbons (Fsp3) is 0.375. The van der Waals surface area contributed by atoms with Crippen molar-refractivity contribution in [3.63, 3.8) is 0 Å². The zero-order valence-corrected chi connectivity index (χ0v) is 13.4. The summed E-state index contributed by atoms with van der Waals surface area (Å²) in [7, 11) is 0. The lowest BCUT2D eigenvalue weighted by Gasteiger charge is -2.01. The average molecular weight is 304 g/mol. The first kappa shape index (κ1) is 14.1. The highest BCUT2D eigenvalue weighted by Gasteiger charge is 2.18. The van der Waals surface area contributed by atoms with Gasteiger partial charge in [0.15, 0.2) is 0 Å². The Morgan fingerprint density at radius 1 is 1.29 bits per heavy atom. The standard InChI is InChI=1S/C16H18ClN3O/c1-5-20-12-8-6-7-11(14(12)19-16(20)17)15-18-13(9(2)3)10(4)21-15/h6-9H,5H2,1-4H3. The number of aromatic nitrogens is 3. The van der Waals surface area contributed by atoms with Gasteiger partial charge in [-0.2, -0.15) is 0 Å². The molecular formula is C16H18ClN3O. The lowest BCUT2D eigenvalue weighted by molar-refractivity contribution is 0.538. The number of oxazole rings is 1. The van der Waals surface area contributed by atoms with Gasteiger partial charge in [0.2, 0.25) is 11.2 Å². The van der Waals surface area contributed by atoms with Crippen LogP contribution >= 0.6 is 11.6 Å². The third-order valence-electron chi connectivity index (χ3n) is 3.66. The summed E-state index contributed by atoms with van der Waals surface area (Å²) < 4.78 is 7.82. The summed E-state index contributed by atoms with van der Waals surface area (Å²) in [6, 6.07) is 5.97. The summed E-state index contributed by atoms with van der Waals surface area (Å²) in [6.07, 6.45) is 0. The van der Waals surface area contributed by atoms with Gasteiger partial charge in [0.1, 0.15) is 11.3 Å². The van der Waals surface area contributed by atoms with E-state index in [1.807, 2.05) is 36.6 Å². The van der Waals surface area contributed by atoms with Crippen LogP contribution in [0.1, 0.15) is 38.1 Å². The number of fused-ring (bicyclic) bond motifs is 1. The molecule has 21 heavy (non-hydrogen) atoms. The van der Waals surface area contributed by atoms with Crippen molar-refractivity contribution in [1.82, 2.24) is 14.5 Å². The summed E-state index contributed by atoms with van der Waals surface area (Å²) in [6.45, 7) is 8.99. The zero-order chi connectivity index (χ0) is 15.1. The molecule has 5 heteroatoms. The van der Waals surface area contributed by atoms with Crippen LogP contribution in [-0.2, 0) is 6.54 Å². The van der Waals surface area contributed by atoms with Gasteiger partial charge in [-0.05, 0) is 43.5 Å². The third kappa shape index (κ3) is 2.23. The van der Waals surface area contributed by atoms with Gasteiger partial charge in [0.05, 0.1) is 16.8 Å². The number of halogens is 1. The minimum absolute atomic E-state index is 0.332. The van der Waals surface area contributed by atoms with Gasteiger partial charge >= 0.3 is 0 Å². The second-order valence-electron chi connectivity index (χ2n) is 5.41. The number of para-hydroxylation sites is 1. The average Bonchev–Trinajstić information content (AvgIpc) is 2.97. The number of rotatable bonds is 3. The monoisotopic (exact) mass is 303 g/mol. The number of benzene rings is 1. The van der Waals surface area contributed by atoms with E-state index >= 15 is 0 Å². The van der Waals surface area contributed by atoms with Crippen molar-refractivity contribution in [2.24, 2.45) is 0 Å². The summed E-state index contributed by atoms with van der Waals surface area (Å²) in [4.78, 5) is 9.11. The van der Waals surface area contributed by atoms with E-state index in [-0.39, 0.29) is 0 Å².